The van der Waals surface area contributed by atoms with Gasteiger partial charge in [-0.05, 0) is 28.7 Å². The molecular weight excluding hydrogens is 398 g/mol. The molecule has 0 saturated heterocycles. The molecule has 108 valence electrons. The average Bonchev–Trinajstić information content (AvgIpc) is 2.42. The molecule has 0 fully saturated rings. The van der Waals surface area contributed by atoms with E-state index in [1.807, 2.05) is 0 Å². The van der Waals surface area contributed by atoms with Crippen molar-refractivity contribution in [1.82, 2.24) is 4.98 Å². The number of halogens is 2. The quantitative estimate of drug-likeness (QED) is 0.477. The molecule has 2 aromatic rings. The van der Waals surface area contributed by atoms with Gasteiger partial charge in [-0.25, -0.2) is 9.18 Å². The van der Waals surface area contributed by atoms with Gasteiger partial charge in [-0.1, -0.05) is 0 Å². The second-order valence-corrected chi connectivity index (χ2v) is 4.93. The van der Waals surface area contributed by atoms with Crippen LogP contribution >= 0.6 is 22.6 Å². The zero-order valence-corrected chi connectivity index (χ0v) is 12.3. The smallest absolute Gasteiger partial charge is 0.339 e. The third kappa shape index (κ3) is 3.24. The van der Waals surface area contributed by atoms with Gasteiger partial charge >= 0.3 is 11.7 Å². The Morgan fingerprint density at radius 2 is 2.14 bits per heavy atom. The molecule has 0 spiro atoms. The number of nitro benzene ring substituents is 1. The molecular formula is C12H6FIN2O5. The first-order chi connectivity index (χ1) is 9.90. The van der Waals surface area contributed by atoms with E-state index in [0.717, 1.165) is 18.3 Å². The van der Waals surface area contributed by atoms with Crippen LogP contribution in [0.1, 0.15) is 10.4 Å². The zero-order chi connectivity index (χ0) is 15.6. The summed E-state index contributed by atoms with van der Waals surface area (Å²) in [4.78, 5) is 24.9. The summed E-state index contributed by atoms with van der Waals surface area (Å²) in [6.45, 7) is 0. The Hall–Kier alpha value is -2.30. The maximum absolute atomic E-state index is 13.5. The van der Waals surface area contributed by atoms with Gasteiger partial charge in [-0.2, -0.15) is 0 Å². The molecule has 1 N–H and O–H groups in total. The fourth-order valence-electron chi connectivity index (χ4n) is 1.50. The van der Waals surface area contributed by atoms with E-state index in [1.165, 1.54) is 12.3 Å². The number of carbonyl (C=O) groups is 1. The number of aromatic carboxylic acids is 1. The van der Waals surface area contributed by atoms with Crippen molar-refractivity contribution in [2.45, 2.75) is 0 Å². The standard InChI is InChI=1S/C12H6FIN2O5/c13-7-3-10(9(16(19)20)4-8(7)14)21-11-5-15-2-1-6(11)12(17)18/h1-5H,(H,17,18). The summed E-state index contributed by atoms with van der Waals surface area (Å²) in [5.74, 6) is -2.61. The summed E-state index contributed by atoms with van der Waals surface area (Å²) in [7, 11) is 0. The summed E-state index contributed by atoms with van der Waals surface area (Å²) in [6.07, 6.45) is 2.32. The molecule has 0 radical (unpaired) electrons. The summed E-state index contributed by atoms with van der Waals surface area (Å²) in [6, 6.07) is 3.01. The van der Waals surface area contributed by atoms with Crippen LogP contribution in [0.25, 0.3) is 0 Å². The van der Waals surface area contributed by atoms with Crippen LogP contribution in [0, 0.1) is 19.5 Å². The third-order valence-corrected chi connectivity index (χ3v) is 3.26. The highest BCUT2D eigenvalue weighted by atomic mass is 127. The summed E-state index contributed by atoms with van der Waals surface area (Å²) in [5.41, 5.74) is -0.709. The molecule has 0 aliphatic carbocycles. The van der Waals surface area contributed by atoms with Crippen LogP contribution in [-0.2, 0) is 0 Å². The molecule has 1 aromatic heterocycles. The lowest BCUT2D eigenvalue weighted by molar-refractivity contribution is -0.385. The molecule has 0 aliphatic rings. The van der Waals surface area contributed by atoms with Gasteiger partial charge in [-0.3, -0.25) is 15.1 Å². The Labute approximate surface area is 130 Å². The SMILES string of the molecule is O=C(O)c1ccncc1Oc1cc(F)c(I)cc1[N+](=O)[O-]. The predicted octanol–water partition coefficient (Wildman–Crippen LogP) is 3.22. The molecule has 1 heterocycles. The molecule has 0 unspecified atom stereocenters. The molecule has 0 aliphatic heterocycles. The fraction of sp³-hybridized carbons (Fsp3) is 0. The minimum absolute atomic E-state index is 0.0521. The Morgan fingerprint density at radius 1 is 1.43 bits per heavy atom. The average molecular weight is 404 g/mol. The van der Waals surface area contributed by atoms with Gasteiger partial charge in [0.15, 0.2) is 5.75 Å². The van der Waals surface area contributed by atoms with Gasteiger partial charge in [-0.15, -0.1) is 0 Å². The second-order valence-electron chi connectivity index (χ2n) is 3.77. The van der Waals surface area contributed by atoms with Gasteiger partial charge in [0, 0.05) is 18.3 Å². The van der Waals surface area contributed by atoms with Crippen LogP contribution < -0.4 is 4.74 Å². The van der Waals surface area contributed by atoms with Crippen molar-refractivity contribution in [3.8, 4) is 11.5 Å². The van der Waals surface area contributed by atoms with E-state index in [1.54, 1.807) is 22.6 Å². The van der Waals surface area contributed by atoms with Crippen molar-refractivity contribution >= 4 is 34.2 Å². The number of carboxylic acid groups (broad SMARTS) is 1. The number of pyridine rings is 1. The Bertz CT molecular complexity index is 738. The number of hydrogen-bond donors (Lipinski definition) is 1. The molecule has 0 amide bonds. The summed E-state index contributed by atoms with van der Waals surface area (Å²) in [5, 5.41) is 20.0. The first-order valence-electron chi connectivity index (χ1n) is 5.38. The fourth-order valence-corrected chi connectivity index (χ4v) is 1.95. The topological polar surface area (TPSA) is 103 Å². The van der Waals surface area contributed by atoms with E-state index in [2.05, 4.69) is 4.98 Å². The maximum Gasteiger partial charge on any atom is 0.339 e. The van der Waals surface area contributed by atoms with E-state index < -0.39 is 28.1 Å². The van der Waals surface area contributed by atoms with Crippen molar-refractivity contribution in [2.24, 2.45) is 0 Å². The summed E-state index contributed by atoms with van der Waals surface area (Å²) < 4.78 is 18.8. The van der Waals surface area contributed by atoms with Gasteiger partial charge in [0.05, 0.1) is 14.7 Å². The third-order valence-electron chi connectivity index (χ3n) is 2.43. The van der Waals surface area contributed by atoms with Crippen molar-refractivity contribution in [3.05, 3.63) is 55.7 Å². The number of ether oxygens (including phenoxy) is 1. The van der Waals surface area contributed by atoms with Gasteiger partial charge < -0.3 is 9.84 Å². The number of hydrogen-bond acceptors (Lipinski definition) is 5. The predicted molar refractivity (Wildman–Crippen MR) is 77.0 cm³/mol. The van der Waals surface area contributed by atoms with E-state index in [0.29, 0.717) is 0 Å². The van der Waals surface area contributed by atoms with Crippen molar-refractivity contribution < 1.29 is 24.0 Å². The minimum Gasteiger partial charge on any atom is -0.478 e. The maximum atomic E-state index is 13.5. The lowest BCUT2D eigenvalue weighted by Crippen LogP contribution is -2.02. The summed E-state index contributed by atoms with van der Waals surface area (Å²) >= 11 is 1.61. The van der Waals surface area contributed by atoms with Crippen molar-refractivity contribution in [1.29, 1.82) is 0 Å². The lowest BCUT2D eigenvalue weighted by atomic mass is 10.2. The monoisotopic (exact) mass is 404 g/mol. The van der Waals surface area contributed by atoms with Gasteiger partial charge in [0.2, 0.25) is 5.75 Å². The zero-order valence-electron chi connectivity index (χ0n) is 10.1. The van der Waals surface area contributed by atoms with E-state index >= 15 is 0 Å². The van der Waals surface area contributed by atoms with Gasteiger partial charge in [0.25, 0.3) is 0 Å². The van der Waals surface area contributed by atoms with E-state index in [4.69, 9.17) is 9.84 Å². The molecule has 9 heteroatoms. The van der Waals surface area contributed by atoms with Crippen molar-refractivity contribution in [3.63, 3.8) is 0 Å². The molecule has 1 aromatic carbocycles. The number of rotatable bonds is 4. The number of nitrogens with zero attached hydrogens (tertiary/aromatic N) is 2. The minimum atomic E-state index is -1.29. The number of benzene rings is 1. The van der Waals surface area contributed by atoms with Crippen LogP contribution in [0.5, 0.6) is 11.5 Å². The van der Waals surface area contributed by atoms with E-state index in [-0.39, 0.29) is 14.9 Å². The first-order valence-corrected chi connectivity index (χ1v) is 6.46. The highest BCUT2D eigenvalue weighted by molar-refractivity contribution is 14.1. The van der Waals surface area contributed by atoms with Gasteiger partial charge in [0.1, 0.15) is 11.4 Å². The Kier molecular flexibility index (Phi) is 4.31. The Balaban J connectivity index is 2.52. The van der Waals surface area contributed by atoms with E-state index in [9.17, 15) is 19.3 Å². The normalized spacial score (nSPS) is 10.2. The van der Waals surface area contributed by atoms with Crippen LogP contribution in [0.15, 0.2) is 30.6 Å². The number of aromatic nitrogens is 1. The van der Waals surface area contributed by atoms with Crippen LogP contribution in [0.2, 0.25) is 0 Å². The van der Waals surface area contributed by atoms with Crippen LogP contribution in [0.4, 0.5) is 10.1 Å². The highest BCUT2D eigenvalue weighted by Gasteiger charge is 2.21. The lowest BCUT2D eigenvalue weighted by Gasteiger charge is -2.09. The van der Waals surface area contributed by atoms with Crippen LogP contribution in [0.3, 0.4) is 0 Å². The number of nitro groups is 1. The molecule has 0 bridgehead atoms. The molecule has 7 nitrogen and oxygen atoms in total. The largest absolute Gasteiger partial charge is 0.478 e. The van der Waals surface area contributed by atoms with Crippen LogP contribution in [-0.4, -0.2) is 21.0 Å². The number of carboxylic acids is 1. The molecule has 21 heavy (non-hydrogen) atoms. The molecule has 2 rings (SSSR count). The Morgan fingerprint density at radius 3 is 2.76 bits per heavy atom. The second kappa shape index (κ2) is 5.99. The molecule has 0 atom stereocenters. The van der Waals surface area contributed by atoms with Crippen molar-refractivity contribution in [2.75, 3.05) is 0 Å². The molecule has 0 saturated carbocycles. The first kappa shape index (κ1) is 15.1. The highest BCUT2D eigenvalue weighted by Crippen LogP contribution is 2.35.